The molecule has 0 aliphatic carbocycles. The lowest BCUT2D eigenvalue weighted by molar-refractivity contribution is -0.126. The highest BCUT2D eigenvalue weighted by Crippen LogP contribution is 2.18. The van der Waals surface area contributed by atoms with Crippen LogP contribution in [0.25, 0.3) is 17.7 Å². The standard InChI is InChI=1S/C19H19N3O3/c1-2-12-22(18(23)11-10-15-7-4-3-5-8-15)14-17-20-21-19(25-17)16-9-6-13-24-16/h3-11,13H,2,12,14H2,1H3/b11-10+. The molecule has 0 spiro atoms. The second kappa shape index (κ2) is 8.10. The number of nitrogens with zero attached hydrogens (tertiary/aromatic N) is 3. The van der Waals surface area contributed by atoms with Gasteiger partial charge in [-0.1, -0.05) is 37.3 Å². The second-order valence-corrected chi connectivity index (χ2v) is 5.48. The third kappa shape index (κ3) is 4.44. The van der Waals surface area contributed by atoms with E-state index in [4.69, 9.17) is 8.83 Å². The molecular weight excluding hydrogens is 318 g/mol. The molecule has 0 aliphatic heterocycles. The van der Waals surface area contributed by atoms with E-state index < -0.39 is 0 Å². The lowest BCUT2D eigenvalue weighted by atomic mass is 10.2. The van der Waals surface area contributed by atoms with E-state index in [1.165, 1.54) is 0 Å². The number of benzene rings is 1. The number of rotatable bonds is 7. The average molecular weight is 337 g/mol. The van der Waals surface area contributed by atoms with Crippen molar-refractivity contribution in [1.29, 1.82) is 0 Å². The first-order chi connectivity index (χ1) is 12.3. The molecule has 128 valence electrons. The SMILES string of the molecule is CCCN(Cc1nnc(-c2ccco2)o1)C(=O)/C=C/c1ccccc1. The summed E-state index contributed by atoms with van der Waals surface area (Å²) in [5, 5.41) is 7.96. The van der Waals surface area contributed by atoms with Crippen molar-refractivity contribution in [1.82, 2.24) is 15.1 Å². The predicted octanol–water partition coefficient (Wildman–Crippen LogP) is 3.78. The van der Waals surface area contributed by atoms with Crippen LogP contribution in [0.4, 0.5) is 0 Å². The van der Waals surface area contributed by atoms with E-state index in [0.717, 1.165) is 12.0 Å². The van der Waals surface area contributed by atoms with Gasteiger partial charge in [-0.05, 0) is 30.2 Å². The first kappa shape index (κ1) is 16.7. The number of amides is 1. The van der Waals surface area contributed by atoms with Crippen LogP contribution >= 0.6 is 0 Å². The molecule has 0 radical (unpaired) electrons. The smallest absolute Gasteiger partial charge is 0.283 e. The zero-order chi connectivity index (χ0) is 17.5. The van der Waals surface area contributed by atoms with E-state index in [0.29, 0.717) is 24.1 Å². The summed E-state index contributed by atoms with van der Waals surface area (Å²) in [6, 6.07) is 13.2. The van der Waals surface area contributed by atoms with Crippen LogP contribution in [-0.4, -0.2) is 27.5 Å². The van der Waals surface area contributed by atoms with Crippen molar-refractivity contribution in [3.05, 3.63) is 66.3 Å². The number of aromatic nitrogens is 2. The van der Waals surface area contributed by atoms with Gasteiger partial charge in [0.05, 0.1) is 12.8 Å². The normalized spacial score (nSPS) is 11.1. The van der Waals surface area contributed by atoms with Gasteiger partial charge in [-0.3, -0.25) is 4.79 Å². The van der Waals surface area contributed by atoms with Crippen molar-refractivity contribution in [3.63, 3.8) is 0 Å². The predicted molar refractivity (Wildman–Crippen MR) is 93.2 cm³/mol. The summed E-state index contributed by atoms with van der Waals surface area (Å²) in [5.41, 5.74) is 0.977. The fourth-order valence-corrected chi connectivity index (χ4v) is 2.35. The molecule has 3 rings (SSSR count). The Morgan fingerprint density at radius 3 is 2.72 bits per heavy atom. The Morgan fingerprint density at radius 1 is 1.16 bits per heavy atom. The van der Waals surface area contributed by atoms with Crippen LogP contribution < -0.4 is 0 Å². The van der Waals surface area contributed by atoms with Gasteiger partial charge in [0.2, 0.25) is 11.8 Å². The largest absolute Gasteiger partial charge is 0.459 e. The summed E-state index contributed by atoms with van der Waals surface area (Å²) < 4.78 is 10.8. The van der Waals surface area contributed by atoms with Crippen molar-refractivity contribution in [2.75, 3.05) is 6.54 Å². The maximum Gasteiger partial charge on any atom is 0.283 e. The van der Waals surface area contributed by atoms with E-state index >= 15 is 0 Å². The molecular formula is C19H19N3O3. The Kier molecular flexibility index (Phi) is 5.41. The fourth-order valence-electron chi connectivity index (χ4n) is 2.35. The van der Waals surface area contributed by atoms with Crippen LogP contribution in [0, 0.1) is 0 Å². The molecule has 0 saturated carbocycles. The Morgan fingerprint density at radius 2 is 2.00 bits per heavy atom. The lowest BCUT2D eigenvalue weighted by Crippen LogP contribution is -2.29. The Hall–Kier alpha value is -3.15. The highest BCUT2D eigenvalue weighted by Gasteiger charge is 2.16. The number of hydrogen-bond donors (Lipinski definition) is 0. The maximum atomic E-state index is 12.5. The van der Waals surface area contributed by atoms with Gasteiger partial charge >= 0.3 is 0 Å². The van der Waals surface area contributed by atoms with Gasteiger partial charge in [0.25, 0.3) is 5.89 Å². The molecule has 2 aromatic heterocycles. The van der Waals surface area contributed by atoms with Gasteiger partial charge in [0.1, 0.15) is 0 Å². The molecule has 0 fully saturated rings. The van der Waals surface area contributed by atoms with E-state index in [1.807, 2.05) is 37.3 Å². The van der Waals surface area contributed by atoms with E-state index in [1.54, 1.807) is 35.4 Å². The number of furan rings is 1. The minimum Gasteiger partial charge on any atom is -0.459 e. The minimum absolute atomic E-state index is 0.0940. The van der Waals surface area contributed by atoms with E-state index in [2.05, 4.69) is 10.2 Å². The molecule has 25 heavy (non-hydrogen) atoms. The highest BCUT2D eigenvalue weighted by molar-refractivity contribution is 5.91. The molecule has 0 N–H and O–H groups in total. The highest BCUT2D eigenvalue weighted by atomic mass is 16.4. The first-order valence-electron chi connectivity index (χ1n) is 8.14. The molecule has 0 saturated heterocycles. The zero-order valence-electron chi connectivity index (χ0n) is 14.0. The number of carbonyl (C=O) groups excluding carboxylic acids is 1. The molecule has 0 bridgehead atoms. The Balaban J connectivity index is 1.68. The third-order valence-corrected chi connectivity index (χ3v) is 3.55. The molecule has 1 amide bonds. The van der Waals surface area contributed by atoms with Gasteiger partial charge in [-0.25, -0.2) is 0 Å². The summed E-state index contributed by atoms with van der Waals surface area (Å²) in [6.07, 6.45) is 5.74. The minimum atomic E-state index is -0.0940. The van der Waals surface area contributed by atoms with Gasteiger partial charge in [0.15, 0.2) is 5.76 Å². The molecule has 3 aromatic rings. The van der Waals surface area contributed by atoms with Gasteiger partial charge < -0.3 is 13.7 Å². The van der Waals surface area contributed by atoms with E-state index in [9.17, 15) is 4.79 Å². The Bertz CT molecular complexity index is 823. The zero-order valence-corrected chi connectivity index (χ0v) is 14.0. The summed E-state index contributed by atoms with van der Waals surface area (Å²) in [5.74, 6) is 1.10. The molecule has 2 heterocycles. The summed E-state index contributed by atoms with van der Waals surface area (Å²) in [7, 11) is 0. The topological polar surface area (TPSA) is 72.4 Å². The van der Waals surface area contributed by atoms with Crippen LogP contribution in [0.15, 0.2) is 63.6 Å². The molecule has 0 aliphatic rings. The fraction of sp³-hybridized carbons (Fsp3) is 0.211. The van der Waals surface area contributed by atoms with Crippen molar-refractivity contribution in [2.45, 2.75) is 19.9 Å². The molecule has 0 unspecified atom stereocenters. The van der Waals surface area contributed by atoms with E-state index in [-0.39, 0.29) is 12.5 Å². The lowest BCUT2D eigenvalue weighted by Gasteiger charge is -2.18. The van der Waals surface area contributed by atoms with Crippen molar-refractivity contribution < 1.29 is 13.6 Å². The monoisotopic (exact) mass is 337 g/mol. The molecule has 6 nitrogen and oxygen atoms in total. The third-order valence-electron chi connectivity index (χ3n) is 3.55. The molecule has 1 aromatic carbocycles. The van der Waals surface area contributed by atoms with Crippen molar-refractivity contribution in [2.24, 2.45) is 0 Å². The van der Waals surface area contributed by atoms with Crippen LogP contribution in [-0.2, 0) is 11.3 Å². The second-order valence-electron chi connectivity index (χ2n) is 5.48. The maximum absolute atomic E-state index is 12.5. The summed E-state index contributed by atoms with van der Waals surface area (Å²) >= 11 is 0. The number of carbonyl (C=O) groups is 1. The van der Waals surface area contributed by atoms with Crippen molar-refractivity contribution >= 4 is 12.0 Å². The quantitative estimate of drug-likeness (QED) is 0.614. The average Bonchev–Trinajstić information content (AvgIpc) is 3.31. The van der Waals surface area contributed by atoms with Crippen LogP contribution in [0.1, 0.15) is 24.8 Å². The van der Waals surface area contributed by atoms with Gasteiger partial charge in [0, 0.05) is 12.6 Å². The first-order valence-corrected chi connectivity index (χ1v) is 8.14. The molecule has 6 heteroatoms. The summed E-state index contributed by atoms with van der Waals surface area (Å²) in [6.45, 7) is 2.89. The van der Waals surface area contributed by atoms with Gasteiger partial charge in [-0.15, -0.1) is 10.2 Å². The number of hydrogen-bond acceptors (Lipinski definition) is 5. The van der Waals surface area contributed by atoms with Crippen molar-refractivity contribution in [3.8, 4) is 11.7 Å². The molecule has 0 atom stereocenters. The van der Waals surface area contributed by atoms with Gasteiger partial charge in [-0.2, -0.15) is 0 Å². The Labute approximate surface area is 145 Å². The van der Waals surface area contributed by atoms with Crippen LogP contribution in [0.5, 0.6) is 0 Å². The summed E-state index contributed by atoms with van der Waals surface area (Å²) in [4.78, 5) is 14.2. The van der Waals surface area contributed by atoms with Crippen LogP contribution in [0.2, 0.25) is 0 Å². The van der Waals surface area contributed by atoms with Crippen LogP contribution in [0.3, 0.4) is 0 Å².